The van der Waals surface area contributed by atoms with E-state index in [2.05, 4.69) is 29.1 Å². The first-order valence-corrected chi connectivity index (χ1v) is 7.58. The molecule has 108 valence electrons. The van der Waals surface area contributed by atoms with E-state index in [1.807, 2.05) is 17.7 Å². The first-order valence-electron chi connectivity index (χ1n) is 6.76. The summed E-state index contributed by atoms with van der Waals surface area (Å²) >= 11 is 1.52. The minimum absolute atomic E-state index is 0.309. The molecule has 3 rings (SSSR count). The Balaban J connectivity index is 2.14. The number of aromatic nitrogens is 3. The SMILES string of the molecule is CCc1cccc2sc(=NC(=O)c3ccn(C)n3)n(C)c12. The molecule has 0 aliphatic heterocycles. The molecule has 0 aliphatic rings. The van der Waals surface area contributed by atoms with E-state index in [9.17, 15) is 4.79 Å². The van der Waals surface area contributed by atoms with Gasteiger partial charge in [-0.2, -0.15) is 10.1 Å². The molecule has 0 spiro atoms. The van der Waals surface area contributed by atoms with E-state index in [-0.39, 0.29) is 5.91 Å². The minimum Gasteiger partial charge on any atom is -0.319 e. The lowest BCUT2D eigenvalue weighted by Crippen LogP contribution is -2.14. The molecule has 2 heterocycles. The van der Waals surface area contributed by atoms with Crippen molar-refractivity contribution in [3.63, 3.8) is 0 Å². The number of benzene rings is 1. The van der Waals surface area contributed by atoms with Crippen molar-refractivity contribution in [3.8, 4) is 0 Å². The molecule has 0 unspecified atom stereocenters. The number of hydrogen-bond donors (Lipinski definition) is 0. The van der Waals surface area contributed by atoms with Gasteiger partial charge in [0.1, 0.15) is 0 Å². The number of hydrogen-bond acceptors (Lipinski definition) is 3. The molecule has 21 heavy (non-hydrogen) atoms. The van der Waals surface area contributed by atoms with Crippen LogP contribution in [-0.4, -0.2) is 20.3 Å². The molecule has 0 fully saturated rings. The highest BCUT2D eigenvalue weighted by Gasteiger charge is 2.10. The third kappa shape index (κ3) is 2.42. The zero-order valence-corrected chi connectivity index (χ0v) is 13.0. The van der Waals surface area contributed by atoms with E-state index in [0.717, 1.165) is 16.6 Å². The topological polar surface area (TPSA) is 52.2 Å². The zero-order chi connectivity index (χ0) is 15.0. The van der Waals surface area contributed by atoms with Crippen LogP contribution < -0.4 is 4.80 Å². The van der Waals surface area contributed by atoms with Crippen molar-refractivity contribution in [2.45, 2.75) is 13.3 Å². The number of rotatable bonds is 2. The number of fused-ring (bicyclic) bond motifs is 1. The fourth-order valence-corrected chi connectivity index (χ4v) is 3.41. The van der Waals surface area contributed by atoms with Crippen LogP contribution in [-0.2, 0) is 20.5 Å². The number of aryl methyl sites for hydroxylation is 3. The number of amides is 1. The summed E-state index contributed by atoms with van der Waals surface area (Å²) in [5.74, 6) is -0.309. The molecule has 5 nitrogen and oxygen atoms in total. The normalized spacial score (nSPS) is 12.2. The van der Waals surface area contributed by atoms with E-state index in [0.29, 0.717) is 10.5 Å². The van der Waals surface area contributed by atoms with Gasteiger partial charge in [0.25, 0.3) is 5.91 Å². The lowest BCUT2D eigenvalue weighted by molar-refractivity contribution is 0.0992. The van der Waals surface area contributed by atoms with E-state index in [4.69, 9.17) is 0 Å². The van der Waals surface area contributed by atoms with E-state index in [1.54, 1.807) is 24.0 Å². The monoisotopic (exact) mass is 300 g/mol. The van der Waals surface area contributed by atoms with Crippen molar-refractivity contribution in [2.24, 2.45) is 19.1 Å². The van der Waals surface area contributed by atoms with Gasteiger partial charge >= 0.3 is 0 Å². The summed E-state index contributed by atoms with van der Waals surface area (Å²) in [6.45, 7) is 2.13. The summed E-state index contributed by atoms with van der Waals surface area (Å²) in [4.78, 5) is 17.1. The maximum atomic E-state index is 12.2. The van der Waals surface area contributed by atoms with Gasteiger partial charge in [-0.25, -0.2) is 0 Å². The fraction of sp³-hybridized carbons (Fsp3) is 0.267. The minimum atomic E-state index is -0.309. The van der Waals surface area contributed by atoms with Crippen LogP contribution in [0.25, 0.3) is 10.2 Å². The Kier molecular flexibility index (Phi) is 3.47. The van der Waals surface area contributed by atoms with Crippen LogP contribution in [0.15, 0.2) is 35.5 Å². The molecule has 0 N–H and O–H groups in total. The largest absolute Gasteiger partial charge is 0.319 e. The van der Waals surface area contributed by atoms with E-state index < -0.39 is 0 Å². The molecule has 0 atom stereocenters. The first kappa shape index (κ1) is 13.8. The van der Waals surface area contributed by atoms with Gasteiger partial charge < -0.3 is 4.57 Å². The lowest BCUT2D eigenvalue weighted by Gasteiger charge is -2.01. The van der Waals surface area contributed by atoms with Gasteiger partial charge in [-0.15, -0.1) is 0 Å². The molecule has 0 bridgehead atoms. The number of carbonyl (C=O) groups is 1. The van der Waals surface area contributed by atoms with Crippen molar-refractivity contribution >= 4 is 27.5 Å². The van der Waals surface area contributed by atoms with Crippen molar-refractivity contribution in [1.82, 2.24) is 14.3 Å². The van der Waals surface area contributed by atoms with Crippen LogP contribution in [0.2, 0.25) is 0 Å². The maximum Gasteiger partial charge on any atom is 0.300 e. The average molecular weight is 300 g/mol. The molecule has 6 heteroatoms. The summed E-state index contributed by atoms with van der Waals surface area (Å²) in [6.07, 6.45) is 2.69. The molecule has 3 aromatic rings. The summed E-state index contributed by atoms with van der Waals surface area (Å²) in [5, 5.41) is 4.09. The lowest BCUT2D eigenvalue weighted by atomic mass is 10.1. The molecule has 0 saturated heterocycles. The van der Waals surface area contributed by atoms with Crippen LogP contribution >= 0.6 is 11.3 Å². The second-order valence-electron chi connectivity index (χ2n) is 4.85. The van der Waals surface area contributed by atoms with Gasteiger partial charge in [0, 0.05) is 20.3 Å². The quantitative estimate of drug-likeness (QED) is 0.729. The second-order valence-corrected chi connectivity index (χ2v) is 5.86. The third-order valence-corrected chi connectivity index (χ3v) is 4.51. The summed E-state index contributed by atoms with van der Waals surface area (Å²) in [6, 6.07) is 7.89. The number of thiazole rings is 1. The number of para-hydroxylation sites is 1. The van der Waals surface area contributed by atoms with Crippen LogP contribution in [0.5, 0.6) is 0 Å². The fourth-order valence-electron chi connectivity index (χ4n) is 2.35. The first-order chi connectivity index (χ1) is 10.1. The highest BCUT2D eigenvalue weighted by atomic mass is 32.1. The van der Waals surface area contributed by atoms with Gasteiger partial charge in [-0.3, -0.25) is 9.48 Å². The predicted molar refractivity (Wildman–Crippen MR) is 83.3 cm³/mol. The second kappa shape index (κ2) is 5.29. The van der Waals surface area contributed by atoms with Gasteiger partial charge in [-0.1, -0.05) is 30.4 Å². The smallest absolute Gasteiger partial charge is 0.300 e. The molecular weight excluding hydrogens is 284 g/mol. The molecular formula is C15H16N4OS. The Morgan fingerprint density at radius 3 is 2.81 bits per heavy atom. The van der Waals surface area contributed by atoms with Crippen LogP contribution in [0.4, 0.5) is 0 Å². The molecule has 2 aromatic heterocycles. The Labute approximate surface area is 126 Å². The Morgan fingerprint density at radius 1 is 1.33 bits per heavy atom. The van der Waals surface area contributed by atoms with E-state index >= 15 is 0 Å². The van der Waals surface area contributed by atoms with Crippen LogP contribution in [0, 0.1) is 0 Å². The van der Waals surface area contributed by atoms with Crippen molar-refractivity contribution < 1.29 is 4.79 Å². The third-order valence-electron chi connectivity index (χ3n) is 3.42. The van der Waals surface area contributed by atoms with Gasteiger partial charge in [0.15, 0.2) is 10.5 Å². The Morgan fingerprint density at radius 2 is 2.14 bits per heavy atom. The standard InChI is InChI=1S/C15H16N4OS/c1-4-10-6-5-7-12-13(10)19(3)15(21-12)16-14(20)11-8-9-18(2)17-11/h5-9H,4H2,1-3H3. The van der Waals surface area contributed by atoms with Crippen molar-refractivity contribution in [2.75, 3.05) is 0 Å². The predicted octanol–water partition coefficient (Wildman–Crippen LogP) is 2.28. The van der Waals surface area contributed by atoms with Gasteiger partial charge in [0.2, 0.25) is 0 Å². The molecule has 0 radical (unpaired) electrons. The van der Waals surface area contributed by atoms with Crippen LogP contribution in [0.1, 0.15) is 23.0 Å². The maximum absolute atomic E-state index is 12.2. The zero-order valence-electron chi connectivity index (χ0n) is 12.2. The number of nitrogens with zero attached hydrogens (tertiary/aromatic N) is 4. The highest BCUT2D eigenvalue weighted by Crippen LogP contribution is 2.21. The Hall–Kier alpha value is -2.21. The van der Waals surface area contributed by atoms with E-state index in [1.165, 1.54) is 16.9 Å². The summed E-state index contributed by atoms with van der Waals surface area (Å²) in [5.41, 5.74) is 2.78. The van der Waals surface area contributed by atoms with Crippen molar-refractivity contribution in [3.05, 3.63) is 46.5 Å². The highest BCUT2D eigenvalue weighted by molar-refractivity contribution is 7.16. The van der Waals surface area contributed by atoms with Crippen LogP contribution in [0.3, 0.4) is 0 Å². The Bertz CT molecular complexity index is 885. The number of carbonyl (C=O) groups excluding carboxylic acids is 1. The summed E-state index contributed by atoms with van der Waals surface area (Å²) < 4.78 is 4.73. The van der Waals surface area contributed by atoms with Gasteiger partial charge in [0.05, 0.1) is 10.2 Å². The molecule has 0 saturated carbocycles. The van der Waals surface area contributed by atoms with Gasteiger partial charge in [-0.05, 0) is 24.1 Å². The van der Waals surface area contributed by atoms with Crippen molar-refractivity contribution in [1.29, 1.82) is 0 Å². The molecule has 1 amide bonds. The summed E-state index contributed by atoms with van der Waals surface area (Å²) in [7, 11) is 3.73. The average Bonchev–Trinajstić information content (AvgIpc) is 3.04. The molecule has 0 aliphatic carbocycles. The molecule has 1 aromatic carbocycles.